The molecule has 0 aliphatic carbocycles. The molecule has 2 aromatic rings. The molecule has 2 rings (SSSR count). The summed E-state index contributed by atoms with van der Waals surface area (Å²) in [5, 5.41) is 6.51. The first-order valence-electron chi connectivity index (χ1n) is 7.00. The van der Waals surface area contributed by atoms with E-state index in [9.17, 15) is 9.59 Å². The Morgan fingerprint density at radius 1 is 1.13 bits per heavy atom. The van der Waals surface area contributed by atoms with Gasteiger partial charge in [-0.2, -0.15) is 5.10 Å². The summed E-state index contributed by atoms with van der Waals surface area (Å²) in [5.74, 6) is -0.690. The molecule has 2 amide bonds. The van der Waals surface area contributed by atoms with Crippen molar-refractivity contribution in [1.82, 2.24) is 10.7 Å². The third-order valence-electron chi connectivity index (χ3n) is 3.01. The second kappa shape index (κ2) is 8.24. The molecule has 0 radical (unpaired) electrons. The number of benzene rings is 2. The van der Waals surface area contributed by atoms with Gasteiger partial charge in [0.15, 0.2) is 0 Å². The molecule has 0 saturated heterocycles. The van der Waals surface area contributed by atoms with E-state index in [0.29, 0.717) is 5.56 Å². The number of hydrazone groups is 1. The Labute approximate surface area is 142 Å². The predicted octanol–water partition coefficient (Wildman–Crippen LogP) is 2.72. The van der Waals surface area contributed by atoms with Crippen LogP contribution in [0.3, 0.4) is 0 Å². The van der Waals surface area contributed by atoms with E-state index in [4.69, 9.17) is 0 Å². The van der Waals surface area contributed by atoms with E-state index < -0.39 is 6.04 Å². The maximum absolute atomic E-state index is 12.0. The van der Waals surface area contributed by atoms with Crippen molar-refractivity contribution in [3.8, 4) is 0 Å². The fourth-order valence-electron chi connectivity index (χ4n) is 1.79. The van der Waals surface area contributed by atoms with Crippen LogP contribution in [-0.2, 0) is 4.79 Å². The zero-order chi connectivity index (χ0) is 16.7. The van der Waals surface area contributed by atoms with Crippen LogP contribution in [0.2, 0.25) is 0 Å². The predicted molar refractivity (Wildman–Crippen MR) is 93.2 cm³/mol. The van der Waals surface area contributed by atoms with Gasteiger partial charge in [-0.05, 0) is 36.8 Å². The van der Waals surface area contributed by atoms with Crippen molar-refractivity contribution in [2.24, 2.45) is 5.10 Å². The van der Waals surface area contributed by atoms with E-state index >= 15 is 0 Å². The largest absolute Gasteiger partial charge is 0.340 e. The number of carbonyl (C=O) groups is 2. The van der Waals surface area contributed by atoms with Crippen LogP contribution in [-0.4, -0.2) is 24.1 Å². The van der Waals surface area contributed by atoms with Crippen LogP contribution in [0.1, 0.15) is 22.8 Å². The molecule has 23 heavy (non-hydrogen) atoms. The minimum absolute atomic E-state index is 0.302. The molecular weight excluding hydrogens is 358 g/mol. The molecule has 1 unspecified atom stereocenters. The van der Waals surface area contributed by atoms with Crippen molar-refractivity contribution in [2.75, 3.05) is 0 Å². The molecule has 0 fully saturated rings. The van der Waals surface area contributed by atoms with Crippen molar-refractivity contribution in [3.05, 3.63) is 70.2 Å². The summed E-state index contributed by atoms with van der Waals surface area (Å²) in [4.78, 5) is 23.9. The number of rotatable bonds is 5. The fourth-order valence-corrected chi connectivity index (χ4v) is 2.21. The average Bonchev–Trinajstić information content (AvgIpc) is 2.55. The topological polar surface area (TPSA) is 70.6 Å². The maximum Gasteiger partial charge on any atom is 0.262 e. The SMILES string of the molecule is CC(NC(=O)c1ccccc1)C(=O)NN=Cc1cccc(Br)c1. The molecule has 0 heterocycles. The van der Waals surface area contributed by atoms with Gasteiger partial charge in [0, 0.05) is 10.0 Å². The lowest BCUT2D eigenvalue weighted by molar-refractivity contribution is -0.122. The molecule has 2 aromatic carbocycles. The molecule has 0 aliphatic heterocycles. The molecular formula is C17H16BrN3O2. The molecule has 118 valence electrons. The van der Waals surface area contributed by atoms with Crippen LogP contribution in [0.4, 0.5) is 0 Å². The molecule has 0 bridgehead atoms. The van der Waals surface area contributed by atoms with Crippen LogP contribution in [0.15, 0.2) is 64.2 Å². The van der Waals surface area contributed by atoms with E-state index in [2.05, 4.69) is 31.8 Å². The van der Waals surface area contributed by atoms with Gasteiger partial charge in [-0.15, -0.1) is 0 Å². The normalized spacial score (nSPS) is 11.9. The number of halogens is 1. The van der Waals surface area contributed by atoms with Crippen LogP contribution in [0.5, 0.6) is 0 Å². The first-order chi connectivity index (χ1) is 11.1. The van der Waals surface area contributed by atoms with Gasteiger partial charge in [0.2, 0.25) is 0 Å². The van der Waals surface area contributed by atoms with Crippen LogP contribution in [0, 0.1) is 0 Å². The summed E-state index contributed by atoms with van der Waals surface area (Å²) >= 11 is 3.36. The zero-order valence-corrected chi connectivity index (χ0v) is 14.1. The van der Waals surface area contributed by atoms with Gasteiger partial charge in [-0.3, -0.25) is 9.59 Å². The van der Waals surface area contributed by atoms with E-state index in [0.717, 1.165) is 10.0 Å². The molecule has 0 aromatic heterocycles. The van der Waals surface area contributed by atoms with Gasteiger partial charge < -0.3 is 5.32 Å². The number of nitrogens with zero attached hydrogens (tertiary/aromatic N) is 1. The number of hydrogen-bond acceptors (Lipinski definition) is 3. The molecule has 6 heteroatoms. The molecule has 5 nitrogen and oxygen atoms in total. The molecule has 2 N–H and O–H groups in total. The number of carbonyl (C=O) groups excluding carboxylic acids is 2. The lowest BCUT2D eigenvalue weighted by atomic mass is 10.2. The van der Waals surface area contributed by atoms with Gasteiger partial charge in [0.25, 0.3) is 11.8 Å². The minimum Gasteiger partial charge on any atom is -0.340 e. The van der Waals surface area contributed by atoms with Crippen molar-refractivity contribution >= 4 is 34.0 Å². The Bertz CT molecular complexity index is 717. The number of hydrogen-bond donors (Lipinski definition) is 2. The summed E-state index contributed by atoms with van der Waals surface area (Å²) in [5.41, 5.74) is 3.76. The third kappa shape index (κ3) is 5.34. The van der Waals surface area contributed by atoms with Crippen molar-refractivity contribution in [2.45, 2.75) is 13.0 Å². The van der Waals surface area contributed by atoms with E-state index in [-0.39, 0.29) is 11.8 Å². The summed E-state index contributed by atoms with van der Waals surface area (Å²) < 4.78 is 0.927. The van der Waals surface area contributed by atoms with Gasteiger partial charge in [0.1, 0.15) is 6.04 Å². The number of nitrogens with one attached hydrogen (secondary N) is 2. The highest BCUT2D eigenvalue weighted by Gasteiger charge is 2.15. The van der Waals surface area contributed by atoms with Gasteiger partial charge in [0.05, 0.1) is 6.21 Å². The standard InChI is InChI=1S/C17H16BrN3O2/c1-12(20-17(23)14-7-3-2-4-8-14)16(22)21-19-11-13-6-5-9-15(18)10-13/h2-12H,1H3,(H,20,23)(H,21,22). The molecule has 0 spiro atoms. The molecule has 0 saturated carbocycles. The van der Waals surface area contributed by atoms with Crippen molar-refractivity contribution in [3.63, 3.8) is 0 Å². The first-order valence-corrected chi connectivity index (χ1v) is 7.80. The Kier molecular flexibility index (Phi) is 6.05. The lowest BCUT2D eigenvalue weighted by Crippen LogP contribution is -2.43. The summed E-state index contributed by atoms with van der Waals surface area (Å²) in [7, 11) is 0. The first kappa shape index (κ1) is 16.9. The zero-order valence-electron chi connectivity index (χ0n) is 12.5. The minimum atomic E-state index is -0.692. The Morgan fingerprint density at radius 2 is 1.87 bits per heavy atom. The third-order valence-corrected chi connectivity index (χ3v) is 3.51. The van der Waals surface area contributed by atoms with E-state index in [1.165, 1.54) is 6.21 Å². The monoisotopic (exact) mass is 373 g/mol. The van der Waals surface area contributed by atoms with E-state index in [1.807, 2.05) is 30.3 Å². The average molecular weight is 374 g/mol. The van der Waals surface area contributed by atoms with Crippen LogP contribution < -0.4 is 10.7 Å². The van der Waals surface area contributed by atoms with Gasteiger partial charge in [-0.1, -0.05) is 46.3 Å². The summed E-state index contributed by atoms with van der Waals surface area (Å²) in [6.07, 6.45) is 1.54. The smallest absolute Gasteiger partial charge is 0.262 e. The lowest BCUT2D eigenvalue weighted by Gasteiger charge is -2.12. The van der Waals surface area contributed by atoms with Crippen LogP contribution >= 0.6 is 15.9 Å². The summed E-state index contributed by atoms with van der Waals surface area (Å²) in [6.45, 7) is 1.60. The van der Waals surface area contributed by atoms with Gasteiger partial charge >= 0.3 is 0 Å². The van der Waals surface area contributed by atoms with E-state index in [1.54, 1.807) is 31.2 Å². The second-order valence-corrected chi connectivity index (χ2v) is 5.77. The maximum atomic E-state index is 12.0. The quantitative estimate of drug-likeness (QED) is 0.624. The molecule has 1 atom stereocenters. The Hall–Kier alpha value is -2.47. The summed E-state index contributed by atoms with van der Waals surface area (Å²) in [6, 6.07) is 15.5. The highest BCUT2D eigenvalue weighted by atomic mass is 79.9. The second-order valence-electron chi connectivity index (χ2n) is 4.85. The fraction of sp³-hybridized carbons (Fsp3) is 0.118. The van der Waals surface area contributed by atoms with Crippen molar-refractivity contribution < 1.29 is 9.59 Å². The Morgan fingerprint density at radius 3 is 2.57 bits per heavy atom. The molecule has 0 aliphatic rings. The highest BCUT2D eigenvalue weighted by Crippen LogP contribution is 2.09. The van der Waals surface area contributed by atoms with Crippen LogP contribution in [0.25, 0.3) is 0 Å². The van der Waals surface area contributed by atoms with Gasteiger partial charge in [-0.25, -0.2) is 5.43 Å². The highest BCUT2D eigenvalue weighted by molar-refractivity contribution is 9.10. The number of amides is 2. The Balaban J connectivity index is 1.86. The van der Waals surface area contributed by atoms with Crippen molar-refractivity contribution in [1.29, 1.82) is 0 Å².